The Morgan fingerprint density at radius 3 is 2.57 bits per heavy atom. The molecular weight excluding hydrogens is 594 g/mol. The van der Waals surface area contributed by atoms with Crippen molar-refractivity contribution in [1.82, 2.24) is 19.7 Å². The number of aliphatic hydroxyl groups is 1. The zero-order chi connectivity index (χ0) is 32.1. The quantitative estimate of drug-likeness (QED) is 0.195. The van der Waals surface area contributed by atoms with E-state index in [1.165, 1.54) is 42.6 Å². The third-order valence-electron chi connectivity index (χ3n) is 8.50. The first-order valence-electron chi connectivity index (χ1n) is 14.3. The minimum atomic E-state index is -4.56. The van der Waals surface area contributed by atoms with Gasteiger partial charge < -0.3 is 24.8 Å². The summed E-state index contributed by atoms with van der Waals surface area (Å²) in [6.45, 7) is 8.03. The number of nitrogen functional groups attached to an aromatic ring is 1. The number of alkyl halides is 1. The average molecular weight is 631 g/mol. The molecule has 0 amide bonds. The molecule has 236 valence electrons. The van der Waals surface area contributed by atoms with Crippen molar-refractivity contribution in [2.24, 2.45) is 5.92 Å². The molecule has 2 aromatic heterocycles. The van der Waals surface area contributed by atoms with Gasteiger partial charge in [0.05, 0.1) is 12.3 Å². The fraction of sp³-hybridized carbons (Fsp3) is 0.517. The Hall–Kier alpha value is -3.60. The molecule has 2 unspecified atom stereocenters. The van der Waals surface area contributed by atoms with Crippen molar-refractivity contribution in [3.63, 3.8) is 0 Å². The number of halogens is 1. The summed E-state index contributed by atoms with van der Waals surface area (Å²) in [7, 11) is -4.56. The van der Waals surface area contributed by atoms with E-state index in [1.807, 2.05) is 19.9 Å². The molecule has 2 aliphatic rings. The molecular formula is C29H36FN6O7P. The number of ether oxygens (including phenoxy) is 2. The van der Waals surface area contributed by atoms with Gasteiger partial charge in [-0.15, -0.1) is 0 Å². The minimum Gasteiger partial charge on any atom is -0.464 e. The van der Waals surface area contributed by atoms with Crippen molar-refractivity contribution in [2.75, 3.05) is 12.3 Å². The van der Waals surface area contributed by atoms with Crippen LogP contribution in [0.4, 0.5) is 10.2 Å². The molecule has 0 radical (unpaired) electrons. The van der Waals surface area contributed by atoms with E-state index in [9.17, 15) is 19.7 Å². The molecule has 15 heteroatoms. The summed E-state index contributed by atoms with van der Waals surface area (Å²) in [6, 6.07) is 12.8. The fourth-order valence-corrected chi connectivity index (χ4v) is 7.44. The van der Waals surface area contributed by atoms with Crippen molar-refractivity contribution >= 4 is 25.1 Å². The van der Waals surface area contributed by atoms with Crippen LogP contribution in [0.15, 0.2) is 48.8 Å². The zero-order valence-electron chi connectivity index (χ0n) is 25.1. The van der Waals surface area contributed by atoms with Crippen molar-refractivity contribution < 1.29 is 37.4 Å². The third kappa shape index (κ3) is 4.93. The molecule has 13 nitrogen and oxygen atoms in total. The summed E-state index contributed by atoms with van der Waals surface area (Å²) in [6.07, 6.45) is -0.236. The van der Waals surface area contributed by atoms with Gasteiger partial charge in [-0.2, -0.15) is 15.4 Å². The van der Waals surface area contributed by atoms with E-state index >= 15 is 4.39 Å². The number of hydrogen-bond acceptors (Lipinski definition) is 11. The standard InChI is InChI=1S/C29H36FN6O7P/c1-6-18(7-2)15-40-25(37)26(3,4)35-44(39,42-19-11-9-8-10-12-19)43-23-22-29(23,38)27(5,30)28(16-31,41-22)21-14-13-20-24(32)33-17-34-36(20)21/h8-14,17-18,22-23,38H,6-7,15H2,1-5H3,(H,35,39)(H2,32,33,34)/t22-,23?,27+,28+,29+,44?/m1/s1. The molecule has 4 N–H and O–H groups in total. The average Bonchev–Trinajstić information content (AvgIpc) is 3.25. The first kappa shape index (κ1) is 31.8. The minimum absolute atomic E-state index is 0.0309. The predicted octanol–water partition coefficient (Wildman–Crippen LogP) is 3.82. The van der Waals surface area contributed by atoms with E-state index in [-0.39, 0.29) is 29.8 Å². The molecule has 1 aliphatic carbocycles. The molecule has 3 aromatic rings. The van der Waals surface area contributed by atoms with E-state index in [2.05, 4.69) is 15.2 Å². The molecule has 1 aliphatic heterocycles. The highest BCUT2D eigenvalue weighted by Gasteiger charge is 2.90. The van der Waals surface area contributed by atoms with Crippen LogP contribution in [0.5, 0.6) is 5.75 Å². The van der Waals surface area contributed by atoms with Crippen LogP contribution < -0.4 is 15.3 Å². The van der Waals surface area contributed by atoms with Gasteiger partial charge in [0, 0.05) is 0 Å². The maximum atomic E-state index is 16.9. The summed E-state index contributed by atoms with van der Waals surface area (Å²) in [4.78, 5) is 17.0. The maximum absolute atomic E-state index is 16.9. The molecule has 6 atom stereocenters. The molecule has 1 saturated carbocycles. The van der Waals surface area contributed by atoms with Crippen LogP contribution in [0, 0.1) is 17.2 Å². The van der Waals surface area contributed by atoms with Gasteiger partial charge in [0.15, 0.2) is 17.1 Å². The number of benzene rings is 1. The Morgan fingerprint density at radius 1 is 1.30 bits per heavy atom. The topological polar surface area (TPSA) is 183 Å². The van der Waals surface area contributed by atoms with Crippen LogP contribution in [-0.2, 0) is 29.0 Å². The Morgan fingerprint density at radius 2 is 1.98 bits per heavy atom. The van der Waals surface area contributed by atoms with Gasteiger partial charge in [0.1, 0.15) is 41.4 Å². The number of carbonyl (C=O) groups excluding carboxylic acids is 1. The fourth-order valence-electron chi connectivity index (χ4n) is 5.55. The molecule has 2 fully saturated rings. The van der Waals surface area contributed by atoms with Crippen LogP contribution in [0.2, 0.25) is 0 Å². The van der Waals surface area contributed by atoms with Crippen molar-refractivity contribution in [3.05, 3.63) is 54.5 Å². The van der Waals surface area contributed by atoms with Gasteiger partial charge in [-0.25, -0.2) is 18.5 Å². The molecule has 0 bridgehead atoms. The third-order valence-corrected chi connectivity index (χ3v) is 10.3. The molecule has 5 rings (SSSR count). The number of anilines is 1. The largest absolute Gasteiger partial charge is 0.464 e. The lowest BCUT2D eigenvalue weighted by Crippen LogP contribution is -2.54. The van der Waals surface area contributed by atoms with Gasteiger partial charge in [-0.3, -0.25) is 9.32 Å². The Balaban J connectivity index is 1.43. The number of nitrogens with two attached hydrogens (primary N) is 1. The smallest absolute Gasteiger partial charge is 0.460 e. The van der Waals surface area contributed by atoms with Crippen LogP contribution in [-0.4, -0.2) is 61.3 Å². The SMILES string of the molecule is CCC(CC)COC(=O)C(C)(C)NP(=O)(Oc1ccccc1)OC1[C@H]2O[C@@](C#N)(c3ccc4c(N)ncnn34)[C@](C)(F)[C@@]12O. The second-order valence-electron chi connectivity index (χ2n) is 11.8. The normalized spacial score (nSPS) is 29.2. The Bertz CT molecular complexity index is 1640. The maximum Gasteiger partial charge on any atom is 0.460 e. The number of nitrogens with zero attached hydrogens (tertiary/aromatic N) is 4. The van der Waals surface area contributed by atoms with Crippen LogP contribution in [0.1, 0.15) is 53.2 Å². The summed E-state index contributed by atoms with van der Waals surface area (Å²) >= 11 is 0. The summed E-state index contributed by atoms with van der Waals surface area (Å²) in [5.41, 5.74) is -3.02. The number of para-hydroxylation sites is 1. The lowest BCUT2D eigenvalue weighted by atomic mass is 9.80. The number of nitrogens with one attached hydrogen (secondary N) is 1. The number of carbonyl (C=O) groups is 1. The summed E-state index contributed by atoms with van der Waals surface area (Å²) in [5, 5.41) is 28.6. The number of hydrogen-bond donors (Lipinski definition) is 3. The van der Waals surface area contributed by atoms with Crippen LogP contribution in [0.3, 0.4) is 0 Å². The van der Waals surface area contributed by atoms with Gasteiger partial charge in [0.2, 0.25) is 5.60 Å². The van der Waals surface area contributed by atoms with Gasteiger partial charge in [-0.1, -0.05) is 44.9 Å². The Labute approximate surface area is 254 Å². The van der Waals surface area contributed by atoms with Crippen LogP contribution >= 0.6 is 7.75 Å². The summed E-state index contributed by atoms with van der Waals surface area (Å²) in [5.74, 6) is -0.349. The number of aromatic nitrogens is 3. The Kier molecular flexibility index (Phi) is 8.01. The van der Waals surface area contributed by atoms with Gasteiger partial charge >= 0.3 is 13.7 Å². The van der Waals surface area contributed by atoms with Crippen molar-refractivity contribution in [3.8, 4) is 11.8 Å². The number of nitriles is 1. The number of fused-ring (bicyclic) bond motifs is 2. The van der Waals surface area contributed by atoms with E-state index in [1.54, 1.807) is 18.2 Å². The monoisotopic (exact) mass is 630 g/mol. The van der Waals surface area contributed by atoms with Crippen molar-refractivity contribution in [2.45, 2.75) is 82.1 Å². The van der Waals surface area contributed by atoms with Crippen LogP contribution in [0.25, 0.3) is 5.52 Å². The molecule has 0 spiro atoms. The van der Waals surface area contributed by atoms with Gasteiger partial charge in [0.25, 0.3) is 0 Å². The highest BCUT2D eigenvalue weighted by Crippen LogP contribution is 2.69. The highest BCUT2D eigenvalue weighted by atomic mass is 31.2. The molecule has 1 saturated heterocycles. The number of rotatable bonds is 12. The first-order valence-corrected chi connectivity index (χ1v) is 15.8. The lowest BCUT2D eigenvalue weighted by Gasteiger charge is -2.37. The second-order valence-corrected chi connectivity index (χ2v) is 13.4. The van der Waals surface area contributed by atoms with E-state index < -0.39 is 48.3 Å². The van der Waals surface area contributed by atoms with Crippen molar-refractivity contribution in [1.29, 1.82) is 5.26 Å². The first-order chi connectivity index (χ1) is 20.7. The number of esters is 1. The molecule has 44 heavy (non-hydrogen) atoms. The summed E-state index contributed by atoms with van der Waals surface area (Å²) < 4.78 is 55.4. The van der Waals surface area contributed by atoms with Gasteiger partial charge in [-0.05, 0) is 51.0 Å². The highest BCUT2D eigenvalue weighted by molar-refractivity contribution is 7.52. The lowest BCUT2D eigenvalue weighted by molar-refractivity contribution is -0.151. The molecule has 1 aromatic carbocycles. The van der Waals surface area contributed by atoms with E-state index in [0.717, 1.165) is 26.1 Å². The van der Waals surface area contributed by atoms with E-state index in [4.69, 9.17) is 24.3 Å². The predicted molar refractivity (Wildman–Crippen MR) is 156 cm³/mol. The second kappa shape index (κ2) is 11.1. The van der Waals surface area contributed by atoms with E-state index in [0.29, 0.717) is 5.52 Å². The zero-order valence-corrected chi connectivity index (χ0v) is 26.0. The molecule has 3 heterocycles.